The van der Waals surface area contributed by atoms with Crippen LogP contribution in [0.15, 0.2) is 48.5 Å². The van der Waals surface area contributed by atoms with Gasteiger partial charge in [-0.25, -0.2) is 0 Å². The molecule has 2 aromatic carbocycles. The summed E-state index contributed by atoms with van der Waals surface area (Å²) in [5.74, 6) is 0.0363. The Kier molecular flexibility index (Phi) is 5.12. The number of carbonyl (C=O) groups excluding carboxylic acids is 1. The van der Waals surface area contributed by atoms with Gasteiger partial charge in [-0.1, -0.05) is 54.1 Å². The van der Waals surface area contributed by atoms with Crippen molar-refractivity contribution < 1.29 is 4.79 Å². The second kappa shape index (κ2) is 7.04. The van der Waals surface area contributed by atoms with Crippen LogP contribution in [-0.4, -0.2) is 5.91 Å². The van der Waals surface area contributed by atoms with E-state index in [1.807, 2.05) is 62.4 Å². The molecule has 0 aliphatic heterocycles. The highest BCUT2D eigenvalue weighted by atomic mass is 16.1. The van der Waals surface area contributed by atoms with Crippen molar-refractivity contribution >= 4 is 5.91 Å². The average Bonchev–Trinajstić information content (AvgIpc) is 2.49. The van der Waals surface area contributed by atoms with E-state index >= 15 is 0 Å². The molecule has 0 fully saturated rings. The summed E-state index contributed by atoms with van der Waals surface area (Å²) in [6.07, 6.45) is 0.408. The highest BCUT2D eigenvalue weighted by Crippen LogP contribution is 2.13. The zero-order valence-corrected chi connectivity index (χ0v) is 12.6. The lowest BCUT2D eigenvalue weighted by molar-refractivity contribution is -0.121. The minimum absolute atomic E-state index is 0.00484. The molecule has 0 heterocycles. The third kappa shape index (κ3) is 4.43. The summed E-state index contributed by atoms with van der Waals surface area (Å²) in [6, 6.07) is 16.1. The van der Waals surface area contributed by atoms with E-state index in [-0.39, 0.29) is 11.9 Å². The van der Waals surface area contributed by atoms with Crippen LogP contribution in [0, 0.1) is 6.92 Å². The molecule has 0 saturated carbocycles. The van der Waals surface area contributed by atoms with Gasteiger partial charge in [0.1, 0.15) is 0 Å². The van der Waals surface area contributed by atoms with Gasteiger partial charge in [-0.2, -0.15) is 0 Å². The Morgan fingerprint density at radius 3 is 2.19 bits per heavy atom. The van der Waals surface area contributed by atoms with Crippen LogP contribution >= 0.6 is 0 Å². The molecule has 3 heteroatoms. The zero-order valence-electron chi connectivity index (χ0n) is 12.6. The van der Waals surface area contributed by atoms with E-state index in [0.29, 0.717) is 13.0 Å². The smallest absolute Gasteiger partial charge is 0.224 e. The molecule has 1 amide bonds. The van der Waals surface area contributed by atoms with Crippen LogP contribution in [0.4, 0.5) is 0 Å². The summed E-state index contributed by atoms with van der Waals surface area (Å²) >= 11 is 0. The maximum Gasteiger partial charge on any atom is 0.224 e. The largest absolute Gasteiger partial charge is 0.349 e. The van der Waals surface area contributed by atoms with E-state index in [1.165, 1.54) is 5.56 Å². The Bertz CT molecular complexity index is 588. The zero-order chi connectivity index (χ0) is 15.2. The molecule has 2 aromatic rings. The third-order valence-corrected chi connectivity index (χ3v) is 3.58. The first kappa shape index (κ1) is 15.3. The SMILES string of the molecule is Cc1ccc(CC(=O)NC(C)c2ccc(CN)cc2)cc1. The Labute approximate surface area is 126 Å². The van der Waals surface area contributed by atoms with Crippen molar-refractivity contribution in [3.8, 4) is 0 Å². The quantitative estimate of drug-likeness (QED) is 0.886. The molecule has 110 valence electrons. The Balaban J connectivity index is 1.93. The van der Waals surface area contributed by atoms with Crippen LogP contribution in [0.2, 0.25) is 0 Å². The van der Waals surface area contributed by atoms with E-state index < -0.39 is 0 Å². The van der Waals surface area contributed by atoms with E-state index in [9.17, 15) is 4.79 Å². The fourth-order valence-electron chi connectivity index (χ4n) is 2.21. The molecule has 1 atom stereocenters. The van der Waals surface area contributed by atoms with Gasteiger partial charge >= 0.3 is 0 Å². The number of nitrogens with two attached hydrogens (primary N) is 1. The van der Waals surface area contributed by atoms with Crippen molar-refractivity contribution in [2.24, 2.45) is 5.73 Å². The average molecular weight is 282 g/mol. The molecule has 0 aliphatic rings. The molecule has 0 bridgehead atoms. The topological polar surface area (TPSA) is 55.1 Å². The van der Waals surface area contributed by atoms with Gasteiger partial charge < -0.3 is 11.1 Å². The van der Waals surface area contributed by atoms with Gasteiger partial charge in [-0.05, 0) is 30.5 Å². The van der Waals surface area contributed by atoms with E-state index in [1.54, 1.807) is 0 Å². The molecule has 0 aromatic heterocycles. The molecule has 2 rings (SSSR count). The fraction of sp³-hybridized carbons (Fsp3) is 0.278. The second-order valence-corrected chi connectivity index (χ2v) is 5.40. The van der Waals surface area contributed by atoms with Crippen molar-refractivity contribution in [2.75, 3.05) is 0 Å². The Hall–Kier alpha value is -2.13. The predicted octanol–water partition coefficient (Wildman–Crippen LogP) is 2.87. The van der Waals surface area contributed by atoms with Gasteiger partial charge in [0, 0.05) is 6.54 Å². The second-order valence-electron chi connectivity index (χ2n) is 5.40. The highest BCUT2D eigenvalue weighted by molar-refractivity contribution is 5.79. The lowest BCUT2D eigenvalue weighted by atomic mass is 10.1. The number of rotatable bonds is 5. The summed E-state index contributed by atoms with van der Waals surface area (Å²) in [7, 11) is 0. The molecule has 1 unspecified atom stereocenters. The number of nitrogens with one attached hydrogen (secondary N) is 1. The van der Waals surface area contributed by atoms with Gasteiger partial charge in [0.2, 0.25) is 5.91 Å². The van der Waals surface area contributed by atoms with Crippen LogP contribution in [0.1, 0.15) is 35.2 Å². The molecule has 21 heavy (non-hydrogen) atoms. The molecule has 0 spiro atoms. The van der Waals surface area contributed by atoms with Gasteiger partial charge in [0.25, 0.3) is 0 Å². The fourth-order valence-corrected chi connectivity index (χ4v) is 2.21. The monoisotopic (exact) mass is 282 g/mol. The van der Waals surface area contributed by atoms with Crippen molar-refractivity contribution in [3.05, 3.63) is 70.8 Å². The van der Waals surface area contributed by atoms with Gasteiger partial charge in [0.15, 0.2) is 0 Å². The summed E-state index contributed by atoms with van der Waals surface area (Å²) in [6.45, 7) is 4.57. The number of benzene rings is 2. The van der Waals surface area contributed by atoms with Crippen LogP contribution in [0.5, 0.6) is 0 Å². The minimum atomic E-state index is -0.00484. The van der Waals surface area contributed by atoms with E-state index in [2.05, 4.69) is 5.32 Å². The molecule has 0 radical (unpaired) electrons. The molecule has 3 N–H and O–H groups in total. The number of hydrogen-bond donors (Lipinski definition) is 2. The molecule has 3 nitrogen and oxygen atoms in total. The van der Waals surface area contributed by atoms with E-state index in [0.717, 1.165) is 16.7 Å². The molecular formula is C18H22N2O. The van der Waals surface area contributed by atoms with Crippen molar-refractivity contribution in [2.45, 2.75) is 32.9 Å². The first-order valence-corrected chi connectivity index (χ1v) is 7.22. The molecule has 0 aliphatic carbocycles. The first-order chi connectivity index (χ1) is 10.1. The van der Waals surface area contributed by atoms with Crippen molar-refractivity contribution in [3.63, 3.8) is 0 Å². The highest BCUT2D eigenvalue weighted by Gasteiger charge is 2.10. The normalized spacial score (nSPS) is 12.0. The number of carbonyl (C=O) groups is 1. The first-order valence-electron chi connectivity index (χ1n) is 7.22. The lowest BCUT2D eigenvalue weighted by Gasteiger charge is -2.15. The van der Waals surface area contributed by atoms with E-state index in [4.69, 9.17) is 5.73 Å². The van der Waals surface area contributed by atoms with Crippen molar-refractivity contribution in [1.82, 2.24) is 5.32 Å². The third-order valence-electron chi connectivity index (χ3n) is 3.58. The molecule has 0 saturated heterocycles. The van der Waals surface area contributed by atoms with Crippen LogP contribution in [-0.2, 0) is 17.8 Å². The number of amides is 1. The number of hydrogen-bond acceptors (Lipinski definition) is 2. The maximum absolute atomic E-state index is 12.1. The summed E-state index contributed by atoms with van der Waals surface area (Å²) < 4.78 is 0. The standard InChI is InChI=1S/C18H22N2O/c1-13-3-5-15(6-4-13)11-18(21)20-14(2)17-9-7-16(12-19)8-10-17/h3-10,14H,11-12,19H2,1-2H3,(H,20,21). The Morgan fingerprint density at radius 1 is 1.05 bits per heavy atom. The van der Waals surface area contributed by atoms with Gasteiger partial charge in [0.05, 0.1) is 12.5 Å². The summed E-state index contributed by atoms with van der Waals surface area (Å²) in [4.78, 5) is 12.1. The van der Waals surface area contributed by atoms with Crippen LogP contribution < -0.4 is 11.1 Å². The maximum atomic E-state index is 12.1. The van der Waals surface area contributed by atoms with Crippen molar-refractivity contribution in [1.29, 1.82) is 0 Å². The molecular weight excluding hydrogens is 260 g/mol. The summed E-state index contributed by atoms with van der Waals surface area (Å²) in [5, 5.41) is 3.03. The number of aryl methyl sites for hydroxylation is 1. The van der Waals surface area contributed by atoms with Gasteiger partial charge in [-0.3, -0.25) is 4.79 Å². The Morgan fingerprint density at radius 2 is 1.62 bits per heavy atom. The van der Waals surface area contributed by atoms with Crippen LogP contribution in [0.25, 0.3) is 0 Å². The minimum Gasteiger partial charge on any atom is -0.349 e. The summed E-state index contributed by atoms with van der Waals surface area (Å²) in [5.41, 5.74) is 10.00. The predicted molar refractivity (Wildman–Crippen MR) is 85.8 cm³/mol. The van der Waals surface area contributed by atoms with Crippen LogP contribution in [0.3, 0.4) is 0 Å². The van der Waals surface area contributed by atoms with Gasteiger partial charge in [-0.15, -0.1) is 0 Å². The lowest BCUT2D eigenvalue weighted by Crippen LogP contribution is -2.28.